The summed E-state index contributed by atoms with van der Waals surface area (Å²) in [5, 5.41) is 15.5. The van der Waals surface area contributed by atoms with E-state index < -0.39 is 0 Å². The molecule has 0 aliphatic carbocycles. The van der Waals surface area contributed by atoms with Crippen molar-refractivity contribution in [3.8, 4) is 6.07 Å². The van der Waals surface area contributed by atoms with Gasteiger partial charge in [-0.25, -0.2) is 0 Å². The van der Waals surface area contributed by atoms with Crippen LogP contribution in [0.3, 0.4) is 0 Å². The first-order valence-electron chi connectivity index (χ1n) is 4.00. The Balaban J connectivity index is 2.48. The van der Waals surface area contributed by atoms with Crippen LogP contribution in [0.2, 0.25) is 0 Å². The molecule has 0 saturated carbocycles. The highest BCUT2D eigenvalue weighted by Gasteiger charge is 1.94. The van der Waals surface area contributed by atoms with Crippen LogP contribution in [0.4, 0.5) is 5.69 Å². The fraction of sp³-hybridized carbons (Fsp3) is 0.500. The second kappa shape index (κ2) is 4.39. The zero-order valence-electron chi connectivity index (χ0n) is 7.12. The van der Waals surface area contributed by atoms with Crippen molar-refractivity contribution in [1.29, 1.82) is 5.26 Å². The number of nitrogens with one attached hydrogen (secondary N) is 1. The van der Waals surface area contributed by atoms with Gasteiger partial charge < -0.3 is 5.32 Å². The van der Waals surface area contributed by atoms with E-state index in [2.05, 4.69) is 17.3 Å². The van der Waals surface area contributed by atoms with Gasteiger partial charge in [-0.2, -0.15) is 10.4 Å². The molecule has 1 heterocycles. The summed E-state index contributed by atoms with van der Waals surface area (Å²) in [4.78, 5) is 0. The molecular formula is C8H12N4. The Hall–Kier alpha value is -1.50. The van der Waals surface area contributed by atoms with Gasteiger partial charge in [-0.3, -0.25) is 4.68 Å². The maximum atomic E-state index is 8.37. The molecule has 0 saturated heterocycles. The van der Waals surface area contributed by atoms with Crippen LogP contribution in [0.1, 0.15) is 13.3 Å². The first-order valence-corrected chi connectivity index (χ1v) is 4.00. The van der Waals surface area contributed by atoms with Crippen molar-refractivity contribution in [2.75, 3.05) is 11.9 Å². The monoisotopic (exact) mass is 164 g/mol. The molecule has 4 nitrogen and oxygen atoms in total. The van der Waals surface area contributed by atoms with Crippen LogP contribution in [0.25, 0.3) is 0 Å². The number of hydrogen-bond donors (Lipinski definition) is 1. The third kappa shape index (κ3) is 2.27. The van der Waals surface area contributed by atoms with Crippen molar-refractivity contribution in [1.82, 2.24) is 9.78 Å². The van der Waals surface area contributed by atoms with E-state index in [4.69, 9.17) is 5.26 Å². The first-order chi connectivity index (χ1) is 5.86. The van der Waals surface area contributed by atoms with E-state index in [0.717, 1.165) is 18.7 Å². The Labute approximate surface area is 71.8 Å². The highest BCUT2D eigenvalue weighted by molar-refractivity contribution is 5.37. The van der Waals surface area contributed by atoms with Gasteiger partial charge in [-0.05, 0) is 6.42 Å². The summed E-state index contributed by atoms with van der Waals surface area (Å²) in [5.41, 5.74) is 0.979. The largest absolute Gasteiger partial charge is 0.383 e. The van der Waals surface area contributed by atoms with Crippen molar-refractivity contribution >= 4 is 5.69 Å². The lowest BCUT2D eigenvalue weighted by molar-refractivity contribution is 0.710. The predicted molar refractivity (Wildman–Crippen MR) is 46.6 cm³/mol. The molecule has 0 aromatic carbocycles. The number of nitriles is 1. The van der Waals surface area contributed by atoms with Crippen molar-refractivity contribution < 1.29 is 0 Å². The molecule has 0 bridgehead atoms. The summed E-state index contributed by atoms with van der Waals surface area (Å²) in [6.45, 7) is 3.36. The number of anilines is 1. The van der Waals surface area contributed by atoms with Crippen LogP contribution in [0.15, 0.2) is 12.4 Å². The third-order valence-corrected chi connectivity index (χ3v) is 1.45. The Morgan fingerprint density at radius 1 is 1.75 bits per heavy atom. The van der Waals surface area contributed by atoms with Crippen LogP contribution in [0, 0.1) is 11.3 Å². The molecule has 0 amide bonds. The van der Waals surface area contributed by atoms with E-state index in [9.17, 15) is 0 Å². The molecule has 0 aliphatic heterocycles. The van der Waals surface area contributed by atoms with E-state index in [1.807, 2.05) is 12.3 Å². The molecule has 1 rings (SSSR count). The van der Waals surface area contributed by atoms with Crippen molar-refractivity contribution in [3.63, 3.8) is 0 Å². The van der Waals surface area contributed by atoms with Crippen LogP contribution in [-0.4, -0.2) is 16.3 Å². The summed E-state index contributed by atoms with van der Waals surface area (Å²) in [6.07, 6.45) is 4.65. The van der Waals surface area contributed by atoms with Crippen molar-refractivity contribution in [2.45, 2.75) is 19.9 Å². The van der Waals surface area contributed by atoms with E-state index >= 15 is 0 Å². The number of hydrogen-bond acceptors (Lipinski definition) is 3. The molecule has 1 aromatic heterocycles. The highest BCUT2D eigenvalue weighted by atomic mass is 15.3. The first kappa shape index (κ1) is 8.60. The number of rotatable bonds is 4. The third-order valence-electron chi connectivity index (χ3n) is 1.45. The lowest BCUT2D eigenvalue weighted by atomic mass is 10.4. The van der Waals surface area contributed by atoms with Gasteiger partial charge in [0.2, 0.25) is 0 Å². The SMILES string of the molecule is CCCNc1cnn(CC#N)c1. The summed E-state index contributed by atoms with van der Waals surface area (Å²) in [7, 11) is 0. The number of aromatic nitrogens is 2. The van der Waals surface area contributed by atoms with Gasteiger partial charge in [0, 0.05) is 12.7 Å². The average Bonchev–Trinajstić information content (AvgIpc) is 2.50. The predicted octanol–water partition coefficient (Wildman–Crippen LogP) is 1.23. The van der Waals surface area contributed by atoms with Crippen LogP contribution in [-0.2, 0) is 6.54 Å². The summed E-state index contributed by atoms with van der Waals surface area (Å²) >= 11 is 0. The molecular weight excluding hydrogens is 152 g/mol. The second-order valence-corrected chi connectivity index (χ2v) is 2.51. The second-order valence-electron chi connectivity index (χ2n) is 2.51. The molecule has 0 unspecified atom stereocenters. The van der Waals surface area contributed by atoms with Gasteiger partial charge >= 0.3 is 0 Å². The lowest BCUT2D eigenvalue weighted by Gasteiger charge is -1.97. The smallest absolute Gasteiger partial charge is 0.128 e. The molecule has 0 radical (unpaired) electrons. The summed E-state index contributed by atoms with van der Waals surface area (Å²) in [5.74, 6) is 0. The van der Waals surface area contributed by atoms with Crippen molar-refractivity contribution in [2.24, 2.45) is 0 Å². The van der Waals surface area contributed by atoms with Gasteiger partial charge in [-0.1, -0.05) is 6.92 Å². The average molecular weight is 164 g/mol. The van der Waals surface area contributed by atoms with E-state index in [1.54, 1.807) is 10.9 Å². The maximum absolute atomic E-state index is 8.37. The maximum Gasteiger partial charge on any atom is 0.128 e. The highest BCUT2D eigenvalue weighted by Crippen LogP contribution is 2.03. The summed E-state index contributed by atoms with van der Waals surface area (Å²) < 4.78 is 1.61. The molecule has 0 atom stereocenters. The van der Waals surface area contributed by atoms with Gasteiger partial charge in [0.25, 0.3) is 0 Å². The lowest BCUT2D eigenvalue weighted by Crippen LogP contribution is -1.98. The Morgan fingerprint density at radius 3 is 3.25 bits per heavy atom. The minimum absolute atomic E-state index is 0.313. The zero-order chi connectivity index (χ0) is 8.81. The van der Waals surface area contributed by atoms with Crippen LogP contribution >= 0.6 is 0 Å². The molecule has 1 N–H and O–H groups in total. The minimum Gasteiger partial charge on any atom is -0.383 e. The van der Waals surface area contributed by atoms with E-state index in [0.29, 0.717) is 6.54 Å². The van der Waals surface area contributed by atoms with E-state index in [1.165, 1.54) is 0 Å². The van der Waals surface area contributed by atoms with Gasteiger partial charge in [-0.15, -0.1) is 0 Å². The molecule has 4 heteroatoms. The van der Waals surface area contributed by atoms with Crippen LogP contribution in [0.5, 0.6) is 0 Å². The quantitative estimate of drug-likeness (QED) is 0.728. The Morgan fingerprint density at radius 2 is 2.58 bits per heavy atom. The van der Waals surface area contributed by atoms with Gasteiger partial charge in [0.1, 0.15) is 6.54 Å². The summed E-state index contributed by atoms with van der Waals surface area (Å²) in [6, 6.07) is 2.03. The van der Waals surface area contributed by atoms with Crippen LogP contribution < -0.4 is 5.32 Å². The zero-order valence-corrected chi connectivity index (χ0v) is 7.12. The molecule has 1 aromatic rings. The van der Waals surface area contributed by atoms with Crippen molar-refractivity contribution in [3.05, 3.63) is 12.4 Å². The van der Waals surface area contributed by atoms with E-state index in [-0.39, 0.29) is 0 Å². The Bertz CT molecular complexity index is 271. The normalized spacial score (nSPS) is 9.33. The molecule has 64 valence electrons. The minimum atomic E-state index is 0.313. The molecule has 12 heavy (non-hydrogen) atoms. The fourth-order valence-electron chi connectivity index (χ4n) is 0.883. The fourth-order valence-corrected chi connectivity index (χ4v) is 0.883. The number of nitrogens with zero attached hydrogens (tertiary/aromatic N) is 3. The standard InChI is InChI=1S/C8H12N4/c1-2-4-10-8-6-11-12(7-8)5-3-9/h6-7,10H,2,4-5H2,1H3. The molecule has 0 fully saturated rings. The Kier molecular flexibility index (Phi) is 3.15. The van der Waals surface area contributed by atoms with Gasteiger partial charge in [0.05, 0.1) is 18.0 Å². The molecule has 0 spiro atoms. The van der Waals surface area contributed by atoms with Gasteiger partial charge in [0.15, 0.2) is 0 Å². The topological polar surface area (TPSA) is 53.6 Å². The molecule has 0 aliphatic rings.